The number of carbonyl (C=O) groups is 1. The zero-order valence-corrected chi connectivity index (χ0v) is 26.6. The first kappa shape index (κ1) is 28.9. The Morgan fingerprint density at radius 1 is 1.22 bits per heavy atom. The van der Waals surface area contributed by atoms with E-state index in [-0.39, 0.29) is 35.2 Å². The van der Waals surface area contributed by atoms with E-state index < -0.39 is 5.97 Å². The third kappa shape index (κ3) is 4.54. The number of aryl methyl sites for hydroxylation is 1. The SMILES string of the molecule is Cc1nc2cnc(N3CC4(CCC4C4CC4)C3)c(C#N)c2c(=O)n1CCOc1ccc(Cl)cc1-c1ccnc2c(C(=O)O)csc12. The maximum Gasteiger partial charge on any atom is 0.338 e. The number of hydrogen-bond donors (Lipinski definition) is 1. The first-order valence-corrected chi connectivity index (χ1v) is 16.6. The number of halogens is 1. The number of carboxylic acid groups (broad SMARTS) is 1. The van der Waals surface area contributed by atoms with Crippen LogP contribution in [0.2, 0.25) is 5.02 Å². The van der Waals surface area contributed by atoms with Gasteiger partial charge in [0.15, 0.2) is 0 Å². The van der Waals surface area contributed by atoms with E-state index in [9.17, 15) is 20.0 Å². The predicted octanol–water partition coefficient (Wildman–Crippen LogP) is 6.31. The van der Waals surface area contributed by atoms with Crippen LogP contribution in [0.15, 0.2) is 46.8 Å². The van der Waals surface area contributed by atoms with Crippen LogP contribution in [0.5, 0.6) is 5.75 Å². The van der Waals surface area contributed by atoms with Crippen LogP contribution < -0.4 is 15.2 Å². The van der Waals surface area contributed by atoms with Gasteiger partial charge in [0.1, 0.15) is 35.6 Å². The molecule has 1 N–H and O–H groups in total. The van der Waals surface area contributed by atoms with Gasteiger partial charge in [0.25, 0.3) is 5.56 Å². The van der Waals surface area contributed by atoms with Crippen LogP contribution in [0, 0.1) is 35.5 Å². The lowest BCUT2D eigenvalue weighted by Crippen LogP contribution is -2.65. The van der Waals surface area contributed by atoms with Crippen molar-refractivity contribution in [2.75, 3.05) is 24.6 Å². The first-order valence-electron chi connectivity index (χ1n) is 15.4. The third-order valence-corrected chi connectivity index (χ3v) is 11.3. The van der Waals surface area contributed by atoms with E-state index in [1.165, 1.54) is 41.6 Å². The molecule has 0 amide bonds. The second-order valence-electron chi connectivity index (χ2n) is 12.6. The number of aromatic carboxylic acids is 1. The molecule has 1 unspecified atom stereocenters. The average Bonchev–Trinajstić information content (AvgIpc) is 3.72. The molecular weight excluding hydrogens is 624 g/mol. The lowest BCUT2D eigenvalue weighted by Gasteiger charge is -2.61. The molecule has 10 nitrogen and oxygen atoms in total. The second kappa shape index (κ2) is 10.8. The Labute approximate surface area is 272 Å². The topological polar surface area (TPSA) is 134 Å². The standard InChI is InChI=1S/C34H29ClN6O4S/c1-18-39-26-14-38-31(40-16-34(17-40)8-6-25(34)19-2-3-19)23(13-36)28(26)32(42)41(18)10-11-45-27-5-4-20(35)12-22(27)21-7-9-37-29-24(33(43)44)15-46-30(21)29/h4-5,7,9,12,14-15,19,25H,2-3,6,8,10-11,16-17H2,1H3,(H,43,44). The Morgan fingerprint density at radius 2 is 2.04 bits per heavy atom. The van der Waals surface area contributed by atoms with E-state index >= 15 is 0 Å². The molecular formula is C34H29ClN6O4S. The largest absolute Gasteiger partial charge is 0.491 e. The summed E-state index contributed by atoms with van der Waals surface area (Å²) in [5.41, 5.74) is 2.71. The summed E-state index contributed by atoms with van der Waals surface area (Å²) in [5, 5.41) is 22.2. The van der Waals surface area contributed by atoms with Crippen LogP contribution in [0.3, 0.4) is 0 Å². The van der Waals surface area contributed by atoms with Crippen LogP contribution in [0.25, 0.3) is 32.2 Å². The third-order valence-electron chi connectivity index (χ3n) is 10.0. The molecule has 5 aromatic rings. The number of fused-ring (bicyclic) bond motifs is 2. The molecule has 8 rings (SSSR count). The molecule has 46 heavy (non-hydrogen) atoms. The summed E-state index contributed by atoms with van der Waals surface area (Å²) in [4.78, 5) is 41.4. The summed E-state index contributed by atoms with van der Waals surface area (Å²) in [6.07, 6.45) is 8.39. The van der Waals surface area contributed by atoms with E-state index in [0.717, 1.165) is 30.5 Å². The maximum absolute atomic E-state index is 13.9. The van der Waals surface area contributed by atoms with Gasteiger partial charge < -0.3 is 14.7 Å². The van der Waals surface area contributed by atoms with Gasteiger partial charge in [-0.25, -0.2) is 14.8 Å². The summed E-state index contributed by atoms with van der Waals surface area (Å²) < 4.78 is 8.48. The molecule has 1 aliphatic heterocycles. The van der Waals surface area contributed by atoms with Crippen LogP contribution in [0.4, 0.5) is 5.82 Å². The van der Waals surface area contributed by atoms with E-state index in [2.05, 4.69) is 25.9 Å². The lowest BCUT2D eigenvalue weighted by atomic mass is 9.54. The van der Waals surface area contributed by atoms with E-state index in [0.29, 0.717) is 49.1 Å². The van der Waals surface area contributed by atoms with Crippen molar-refractivity contribution in [1.82, 2.24) is 19.5 Å². The van der Waals surface area contributed by atoms with Crippen molar-refractivity contribution in [1.29, 1.82) is 5.26 Å². The Morgan fingerprint density at radius 3 is 2.76 bits per heavy atom. The summed E-state index contributed by atoms with van der Waals surface area (Å²) in [5.74, 6) is 2.21. The summed E-state index contributed by atoms with van der Waals surface area (Å²) in [7, 11) is 0. The number of rotatable bonds is 8. The zero-order valence-electron chi connectivity index (χ0n) is 25.0. The fraction of sp³-hybridized carbons (Fsp3) is 0.353. The van der Waals surface area contributed by atoms with Gasteiger partial charge in [-0.1, -0.05) is 11.6 Å². The summed E-state index contributed by atoms with van der Waals surface area (Å²) >= 11 is 7.67. The van der Waals surface area contributed by atoms with Gasteiger partial charge in [-0.05, 0) is 68.7 Å². The van der Waals surface area contributed by atoms with Gasteiger partial charge in [-0.2, -0.15) is 5.26 Å². The highest BCUT2D eigenvalue weighted by Crippen LogP contribution is 2.61. The number of hydrogen-bond acceptors (Lipinski definition) is 9. The number of nitriles is 1. The van der Waals surface area contributed by atoms with Crippen LogP contribution in [0.1, 0.15) is 47.4 Å². The number of benzene rings is 1. The van der Waals surface area contributed by atoms with Crippen molar-refractivity contribution >= 4 is 55.8 Å². The minimum atomic E-state index is -1.04. The molecule has 5 heterocycles. The highest BCUT2D eigenvalue weighted by molar-refractivity contribution is 7.18. The molecule has 2 saturated carbocycles. The fourth-order valence-corrected chi connectivity index (χ4v) is 8.71. The van der Waals surface area contributed by atoms with Crippen molar-refractivity contribution in [3.63, 3.8) is 0 Å². The Bertz CT molecular complexity index is 2180. The number of anilines is 1. The number of thiophene rings is 1. The molecule has 3 aliphatic rings. The maximum atomic E-state index is 13.9. The van der Waals surface area contributed by atoms with Crippen molar-refractivity contribution in [2.45, 2.75) is 39.2 Å². The van der Waals surface area contributed by atoms with Crippen molar-refractivity contribution < 1.29 is 14.6 Å². The van der Waals surface area contributed by atoms with Crippen molar-refractivity contribution in [3.8, 4) is 22.9 Å². The fourth-order valence-electron chi connectivity index (χ4n) is 7.51. The molecule has 2 aliphatic carbocycles. The molecule has 0 bridgehead atoms. The average molecular weight is 653 g/mol. The molecule has 3 fully saturated rings. The van der Waals surface area contributed by atoms with Gasteiger partial charge in [-0.15, -0.1) is 11.3 Å². The van der Waals surface area contributed by atoms with Crippen LogP contribution in [-0.4, -0.2) is 50.3 Å². The van der Waals surface area contributed by atoms with Crippen LogP contribution >= 0.6 is 22.9 Å². The Kier molecular flexibility index (Phi) is 6.78. The highest BCUT2D eigenvalue weighted by atomic mass is 35.5. The lowest BCUT2D eigenvalue weighted by molar-refractivity contribution is -0.0157. The molecule has 1 aromatic carbocycles. The zero-order chi connectivity index (χ0) is 31.7. The molecule has 1 saturated heterocycles. The molecule has 12 heteroatoms. The molecule has 1 spiro atoms. The smallest absolute Gasteiger partial charge is 0.338 e. The van der Waals surface area contributed by atoms with E-state index in [1.54, 1.807) is 49.0 Å². The Hall–Kier alpha value is -4.53. The van der Waals surface area contributed by atoms with Gasteiger partial charge in [0.05, 0.1) is 39.4 Å². The van der Waals surface area contributed by atoms with Gasteiger partial charge >= 0.3 is 5.97 Å². The van der Waals surface area contributed by atoms with Crippen molar-refractivity contribution in [2.24, 2.45) is 17.3 Å². The first-order chi connectivity index (χ1) is 22.3. The molecule has 232 valence electrons. The minimum absolute atomic E-state index is 0.138. The normalized spacial score (nSPS) is 18.4. The predicted molar refractivity (Wildman–Crippen MR) is 176 cm³/mol. The summed E-state index contributed by atoms with van der Waals surface area (Å²) in [6.45, 7) is 3.87. The number of pyridine rings is 2. The summed E-state index contributed by atoms with van der Waals surface area (Å²) in [6, 6.07) is 9.32. The van der Waals surface area contributed by atoms with Gasteiger partial charge in [0.2, 0.25) is 0 Å². The second-order valence-corrected chi connectivity index (χ2v) is 13.9. The van der Waals surface area contributed by atoms with Crippen LogP contribution in [-0.2, 0) is 6.54 Å². The quantitative estimate of drug-likeness (QED) is 0.205. The molecule has 1 atom stereocenters. The molecule has 4 aromatic heterocycles. The highest BCUT2D eigenvalue weighted by Gasteiger charge is 2.59. The van der Waals surface area contributed by atoms with E-state index in [4.69, 9.17) is 16.3 Å². The van der Waals surface area contributed by atoms with Crippen molar-refractivity contribution in [3.05, 3.63) is 74.4 Å². The van der Waals surface area contributed by atoms with Gasteiger partial charge in [0, 0.05) is 46.2 Å². The monoisotopic (exact) mass is 652 g/mol. The van der Waals surface area contributed by atoms with Gasteiger partial charge in [-0.3, -0.25) is 14.3 Å². The number of nitrogens with zero attached hydrogens (tertiary/aromatic N) is 6. The van der Waals surface area contributed by atoms with E-state index in [1.807, 2.05) is 0 Å². The minimum Gasteiger partial charge on any atom is -0.491 e. The number of aromatic nitrogens is 4. The number of carboxylic acids is 1. The number of ether oxygens (including phenoxy) is 1. The Balaban J connectivity index is 1.07. The molecule has 0 radical (unpaired) electrons.